The molecule has 2 N–H and O–H groups in total. The number of nitrogens with zero attached hydrogens (tertiary/aromatic N) is 3. The number of imidazole rings is 1. The summed E-state index contributed by atoms with van der Waals surface area (Å²) in [6.07, 6.45) is 0.0161. The van der Waals surface area contributed by atoms with E-state index >= 15 is 0 Å². The first-order valence-corrected chi connectivity index (χ1v) is 8.04. The monoisotopic (exact) mass is 346 g/mol. The Morgan fingerprint density at radius 2 is 2.21 bits per heavy atom. The Balaban J connectivity index is 1.62. The number of alkyl halides is 3. The molecule has 1 aliphatic carbocycles. The number of aryl methyl sites for hydroxylation is 1. The van der Waals surface area contributed by atoms with E-state index < -0.39 is 24.0 Å². The highest BCUT2D eigenvalue weighted by molar-refractivity contribution is 5.75. The summed E-state index contributed by atoms with van der Waals surface area (Å²) >= 11 is 0. The molecule has 2 fully saturated rings. The van der Waals surface area contributed by atoms with Crippen LogP contribution in [-0.4, -0.2) is 50.9 Å². The highest BCUT2D eigenvalue weighted by atomic mass is 19.4. The summed E-state index contributed by atoms with van der Waals surface area (Å²) in [6, 6.07) is -0.155. The minimum absolute atomic E-state index is 0.200. The first kappa shape index (κ1) is 17.1. The number of rotatable bonds is 4. The Kier molecular flexibility index (Phi) is 4.23. The molecule has 1 aromatic heterocycles. The van der Waals surface area contributed by atoms with Gasteiger partial charge in [-0.1, -0.05) is 0 Å². The van der Waals surface area contributed by atoms with Crippen LogP contribution in [0.1, 0.15) is 31.5 Å². The van der Waals surface area contributed by atoms with Crippen molar-refractivity contribution in [2.45, 2.75) is 43.5 Å². The van der Waals surface area contributed by atoms with Crippen LogP contribution < -0.4 is 5.32 Å². The second kappa shape index (κ2) is 5.94. The van der Waals surface area contributed by atoms with E-state index in [-0.39, 0.29) is 18.6 Å². The SMILES string of the molecule is Cn1ccnc1C(O)(CCNC(=O)N1CC2CCC1C2)C(F)(F)F. The molecule has 2 aliphatic rings. The van der Waals surface area contributed by atoms with Crippen LogP contribution in [0.5, 0.6) is 0 Å². The van der Waals surface area contributed by atoms with Crippen LogP contribution in [0.4, 0.5) is 18.0 Å². The van der Waals surface area contributed by atoms with Gasteiger partial charge in [0.25, 0.3) is 0 Å². The number of hydrogen-bond donors (Lipinski definition) is 2. The fourth-order valence-electron chi connectivity index (χ4n) is 3.77. The number of piperidine rings is 1. The van der Waals surface area contributed by atoms with Crippen molar-refractivity contribution < 1.29 is 23.1 Å². The lowest BCUT2D eigenvalue weighted by Crippen LogP contribution is -2.49. The van der Waals surface area contributed by atoms with Crippen molar-refractivity contribution in [1.29, 1.82) is 0 Å². The molecule has 0 aromatic carbocycles. The highest BCUT2D eigenvalue weighted by Gasteiger charge is 2.57. The quantitative estimate of drug-likeness (QED) is 0.873. The molecule has 1 saturated carbocycles. The maximum atomic E-state index is 13.4. The fourth-order valence-corrected chi connectivity index (χ4v) is 3.77. The van der Waals surface area contributed by atoms with Crippen molar-refractivity contribution in [2.24, 2.45) is 13.0 Å². The Hall–Kier alpha value is -1.77. The Bertz CT molecular complexity index is 618. The second-order valence-electron chi connectivity index (χ2n) is 6.69. The molecule has 0 spiro atoms. The zero-order valence-corrected chi connectivity index (χ0v) is 13.4. The van der Waals surface area contributed by atoms with Gasteiger partial charge in [-0.15, -0.1) is 0 Å². The third-order valence-electron chi connectivity index (χ3n) is 5.09. The van der Waals surface area contributed by atoms with Gasteiger partial charge in [-0.05, 0) is 25.2 Å². The molecular formula is C15H21F3N4O2. The van der Waals surface area contributed by atoms with Crippen LogP contribution >= 0.6 is 0 Å². The summed E-state index contributed by atoms with van der Waals surface area (Å²) in [7, 11) is 1.39. The van der Waals surface area contributed by atoms with Gasteiger partial charge in [-0.3, -0.25) is 0 Å². The maximum absolute atomic E-state index is 13.4. The van der Waals surface area contributed by atoms with Gasteiger partial charge in [-0.25, -0.2) is 9.78 Å². The molecule has 2 amide bonds. The molecule has 3 unspecified atom stereocenters. The first-order chi connectivity index (χ1) is 11.2. The molecule has 2 bridgehead atoms. The number of aromatic nitrogens is 2. The molecule has 134 valence electrons. The van der Waals surface area contributed by atoms with Crippen LogP contribution in [0.25, 0.3) is 0 Å². The first-order valence-electron chi connectivity index (χ1n) is 8.04. The van der Waals surface area contributed by atoms with Gasteiger partial charge in [-0.2, -0.15) is 13.2 Å². The standard InChI is InChI=1S/C15H21F3N4O2/c1-21-7-6-19-12(21)14(24,15(16,17)18)4-5-20-13(23)22-9-10-2-3-11(22)8-10/h6-7,10-11,24H,2-5,8-9H2,1H3,(H,20,23). The van der Waals surface area contributed by atoms with Gasteiger partial charge in [0.05, 0.1) is 0 Å². The summed E-state index contributed by atoms with van der Waals surface area (Å²) < 4.78 is 41.2. The smallest absolute Gasteiger partial charge is 0.374 e. The highest BCUT2D eigenvalue weighted by Crippen LogP contribution is 2.40. The van der Waals surface area contributed by atoms with Crippen LogP contribution in [0.3, 0.4) is 0 Å². The van der Waals surface area contributed by atoms with Gasteiger partial charge < -0.3 is 19.9 Å². The van der Waals surface area contributed by atoms with E-state index in [1.807, 2.05) is 0 Å². The minimum atomic E-state index is -4.89. The van der Waals surface area contributed by atoms with Gasteiger partial charge in [0, 0.05) is 45.0 Å². The average molecular weight is 346 g/mol. The predicted molar refractivity (Wildman–Crippen MR) is 79.0 cm³/mol. The second-order valence-corrected chi connectivity index (χ2v) is 6.69. The number of halogens is 3. The minimum Gasteiger partial charge on any atom is -0.374 e. The number of aliphatic hydroxyl groups is 1. The summed E-state index contributed by atoms with van der Waals surface area (Å²) in [5.41, 5.74) is -3.09. The third-order valence-corrected chi connectivity index (χ3v) is 5.09. The number of carbonyl (C=O) groups excluding carboxylic acids is 1. The summed E-state index contributed by atoms with van der Waals surface area (Å²) in [6.45, 7) is 0.384. The van der Waals surface area contributed by atoms with Crippen molar-refractivity contribution in [2.75, 3.05) is 13.1 Å². The van der Waals surface area contributed by atoms with Gasteiger partial charge in [0.1, 0.15) is 5.82 Å². The zero-order chi connectivity index (χ0) is 17.5. The largest absolute Gasteiger partial charge is 0.424 e. The number of amides is 2. The van der Waals surface area contributed by atoms with E-state index in [1.54, 1.807) is 4.90 Å². The van der Waals surface area contributed by atoms with Crippen LogP contribution in [-0.2, 0) is 12.6 Å². The summed E-state index contributed by atoms with van der Waals surface area (Å²) in [4.78, 5) is 17.5. The molecule has 24 heavy (non-hydrogen) atoms. The lowest BCUT2D eigenvalue weighted by Gasteiger charge is -2.31. The molecule has 0 radical (unpaired) electrons. The van der Waals surface area contributed by atoms with Gasteiger partial charge in [0.15, 0.2) is 0 Å². The van der Waals surface area contributed by atoms with E-state index in [1.165, 1.54) is 19.4 Å². The Morgan fingerprint density at radius 3 is 2.71 bits per heavy atom. The molecule has 9 heteroatoms. The number of carbonyl (C=O) groups is 1. The summed E-state index contributed by atoms with van der Waals surface area (Å²) in [5.74, 6) is 0.0323. The normalized spacial score (nSPS) is 25.8. The number of nitrogens with one attached hydrogen (secondary N) is 1. The lowest BCUT2D eigenvalue weighted by molar-refractivity contribution is -0.272. The lowest BCUT2D eigenvalue weighted by atomic mass is 9.97. The van der Waals surface area contributed by atoms with Crippen molar-refractivity contribution >= 4 is 6.03 Å². The summed E-state index contributed by atoms with van der Waals surface area (Å²) in [5, 5.41) is 12.7. The molecule has 1 saturated heterocycles. The van der Waals surface area contributed by atoms with E-state index in [0.29, 0.717) is 12.5 Å². The molecular weight excluding hydrogens is 325 g/mol. The number of likely N-dealkylation sites (tertiary alicyclic amines) is 1. The van der Waals surface area contributed by atoms with E-state index in [2.05, 4.69) is 10.3 Å². The van der Waals surface area contributed by atoms with Gasteiger partial charge >= 0.3 is 12.2 Å². The molecule has 6 nitrogen and oxygen atoms in total. The number of hydrogen-bond acceptors (Lipinski definition) is 3. The van der Waals surface area contributed by atoms with E-state index in [4.69, 9.17) is 0 Å². The zero-order valence-electron chi connectivity index (χ0n) is 13.4. The topological polar surface area (TPSA) is 70.4 Å². The third kappa shape index (κ3) is 2.85. The number of fused-ring (bicyclic) bond motifs is 2. The Morgan fingerprint density at radius 1 is 1.46 bits per heavy atom. The van der Waals surface area contributed by atoms with Crippen LogP contribution in [0.2, 0.25) is 0 Å². The molecule has 3 rings (SSSR count). The molecule has 3 atom stereocenters. The predicted octanol–water partition coefficient (Wildman–Crippen LogP) is 1.75. The fraction of sp³-hybridized carbons (Fsp3) is 0.733. The van der Waals surface area contributed by atoms with Crippen molar-refractivity contribution in [1.82, 2.24) is 19.8 Å². The van der Waals surface area contributed by atoms with E-state index in [9.17, 15) is 23.1 Å². The van der Waals surface area contributed by atoms with Crippen molar-refractivity contribution in [3.63, 3.8) is 0 Å². The average Bonchev–Trinajstić information content (AvgIpc) is 3.21. The number of urea groups is 1. The van der Waals surface area contributed by atoms with Crippen molar-refractivity contribution in [3.05, 3.63) is 18.2 Å². The van der Waals surface area contributed by atoms with Gasteiger partial charge in [0.2, 0.25) is 5.60 Å². The Labute approximate surface area is 137 Å². The van der Waals surface area contributed by atoms with E-state index in [0.717, 1.165) is 23.8 Å². The maximum Gasteiger partial charge on any atom is 0.424 e. The molecule has 1 aliphatic heterocycles. The van der Waals surface area contributed by atoms with Crippen molar-refractivity contribution in [3.8, 4) is 0 Å². The molecule has 2 heterocycles. The molecule has 1 aromatic rings. The van der Waals surface area contributed by atoms with Crippen LogP contribution in [0.15, 0.2) is 12.4 Å². The van der Waals surface area contributed by atoms with Crippen LogP contribution in [0, 0.1) is 5.92 Å².